The number of pyridine rings is 1. The zero-order valence-corrected chi connectivity index (χ0v) is 14.4. The Bertz CT molecular complexity index is 854. The summed E-state index contributed by atoms with van der Waals surface area (Å²) in [6, 6.07) is 3.64. The van der Waals surface area contributed by atoms with E-state index in [9.17, 15) is 4.79 Å². The highest BCUT2D eigenvalue weighted by Crippen LogP contribution is 2.16. The van der Waals surface area contributed by atoms with Crippen molar-refractivity contribution < 1.29 is 9.53 Å². The monoisotopic (exact) mass is 343 g/mol. The zero-order valence-electron chi connectivity index (χ0n) is 13.6. The molecule has 0 saturated heterocycles. The van der Waals surface area contributed by atoms with Crippen molar-refractivity contribution >= 4 is 22.9 Å². The van der Waals surface area contributed by atoms with Gasteiger partial charge in [0, 0.05) is 18.2 Å². The SMILES string of the molecule is COCc1nc(C(=O)Nc2ccc(-n3cnc(C)c3C)nc2)cs1. The van der Waals surface area contributed by atoms with Crippen LogP contribution in [-0.2, 0) is 11.3 Å². The van der Waals surface area contributed by atoms with Gasteiger partial charge in [-0.3, -0.25) is 9.36 Å². The van der Waals surface area contributed by atoms with Crippen molar-refractivity contribution in [3.05, 3.63) is 52.1 Å². The Morgan fingerprint density at radius 3 is 2.79 bits per heavy atom. The molecule has 1 amide bonds. The Labute approximate surface area is 143 Å². The number of hydrogen-bond donors (Lipinski definition) is 1. The molecule has 3 rings (SSSR count). The van der Waals surface area contributed by atoms with Gasteiger partial charge in [-0.05, 0) is 26.0 Å². The van der Waals surface area contributed by atoms with Crippen molar-refractivity contribution in [2.75, 3.05) is 12.4 Å². The Kier molecular flexibility index (Phi) is 4.68. The van der Waals surface area contributed by atoms with Crippen LogP contribution in [0.5, 0.6) is 0 Å². The summed E-state index contributed by atoms with van der Waals surface area (Å²) < 4.78 is 6.91. The van der Waals surface area contributed by atoms with Crippen LogP contribution in [0.3, 0.4) is 0 Å². The normalized spacial score (nSPS) is 10.8. The average Bonchev–Trinajstić information content (AvgIpc) is 3.17. The molecule has 3 aromatic heterocycles. The van der Waals surface area contributed by atoms with Gasteiger partial charge in [-0.1, -0.05) is 0 Å². The number of ether oxygens (including phenoxy) is 1. The van der Waals surface area contributed by atoms with Crippen LogP contribution in [0.4, 0.5) is 5.69 Å². The number of carbonyl (C=O) groups excluding carboxylic acids is 1. The quantitative estimate of drug-likeness (QED) is 0.770. The number of imidazole rings is 1. The van der Waals surface area contributed by atoms with Crippen molar-refractivity contribution in [2.24, 2.45) is 0 Å². The number of nitrogens with one attached hydrogen (secondary N) is 1. The summed E-state index contributed by atoms with van der Waals surface area (Å²) in [5.74, 6) is 0.486. The van der Waals surface area contributed by atoms with E-state index in [0.29, 0.717) is 18.0 Å². The minimum absolute atomic E-state index is 0.266. The maximum atomic E-state index is 12.2. The van der Waals surface area contributed by atoms with Crippen molar-refractivity contribution in [1.82, 2.24) is 19.5 Å². The van der Waals surface area contributed by atoms with Crippen LogP contribution < -0.4 is 5.32 Å². The standard InChI is InChI=1S/C16H17N5O2S/c1-10-11(2)21(9-18-10)14-5-4-12(6-17-14)19-16(22)13-8-24-15(20-13)7-23-3/h4-6,8-9H,7H2,1-3H3,(H,19,22). The number of rotatable bonds is 5. The fraction of sp³-hybridized carbons (Fsp3) is 0.250. The second kappa shape index (κ2) is 6.90. The van der Waals surface area contributed by atoms with E-state index in [4.69, 9.17) is 4.74 Å². The summed E-state index contributed by atoms with van der Waals surface area (Å²) in [6.45, 7) is 4.34. The molecular weight excluding hydrogens is 326 g/mol. The molecule has 0 fully saturated rings. The number of aromatic nitrogens is 4. The van der Waals surface area contributed by atoms with Crippen LogP contribution in [0, 0.1) is 13.8 Å². The van der Waals surface area contributed by atoms with Gasteiger partial charge < -0.3 is 10.1 Å². The molecule has 0 spiro atoms. The maximum Gasteiger partial charge on any atom is 0.275 e. The minimum atomic E-state index is -0.266. The first kappa shape index (κ1) is 16.3. The molecule has 0 radical (unpaired) electrons. The van der Waals surface area contributed by atoms with Gasteiger partial charge in [-0.15, -0.1) is 11.3 Å². The fourth-order valence-corrected chi connectivity index (χ4v) is 2.88. The van der Waals surface area contributed by atoms with Crippen LogP contribution in [0.1, 0.15) is 26.9 Å². The summed E-state index contributed by atoms with van der Waals surface area (Å²) in [5.41, 5.74) is 2.98. The highest BCUT2D eigenvalue weighted by molar-refractivity contribution is 7.09. The van der Waals surface area contributed by atoms with E-state index in [1.54, 1.807) is 31.1 Å². The number of aryl methyl sites for hydroxylation is 1. The van der Waals surface area contributed by atoms with E-state index in [0.717, 1.165) is 22.2 Å². The maximum absolute atomic E-state index is 12.2. The minimum Gasteiger partial charge on any atom is -0.378 e. The lowest BCUT2D eigenvalue weighted by Gasteiger charge is -2.07. The molecule has 0 unspecified atom stereocenters. The lowest BCUT2D eigenvalue weighted by Crippen LogP contribution is -2.13. The van der Waals surface area contributed by atoms with E-state index in [-0.39, 0.29) is 5.91 Å². The van der Waals surface area contributed by atoms with E-state index >= 15 is 0 Å². The molecule has 7 nitrogen and oxygen atoms in total. The molecule has 124 valence electrons. The van der Waals surface area contributed by atoms with Gasteiger partial charge in [-0.2, -0.15) is 0 Å². The number of nitrogens with zero attached hydrogens (tertiary/aromatic N) is 4. The molecule has 0 aliphatic carbocycles. The predicted octanol–water partition coefficient (Wildman–Crippen LogP) is 2.74. The van der Waals surface area contributed by atoms with Crippen LogP contribution >= 0.6 is 11.3 Å². The number of methoxy groups -OCH3 is 1. The largest absolute Gasteiger partial charge is 0.378 e. The van der Waals surface area contributed by atoms with Crippen LogP contribution in [0.2, 0.25) is 0 Å². The number of amides is 1. The number of anilines is 1. The van der Waals surface area contributed by atoms with Gasteiger partial charge in [0.05, 0.1) is 24.2 Å². The topological polar surface area (TPSA) is 81.9 Å². The van der Waals surface area contributed by atoms with Crippen molar-refractivity contribution in [1.29, 1.82) is 0 Å². The van der Waals surface area contributed by atoms with Gasteiger partial charge in [0.1, 0.15) is 22.8 Å². The molecular formula is C16H17N5O2S. The third-order valence-electron chi connectivity index (χ3n) is 3.56. The second-order valence-corrected chi connectivity index (χ2v) is 6.15. The first-order valence-electron chi connectivity index (χ1n) is 7.30. The Hall–Kier alpha value is -2.58. The molecule has 3 heterocycles. The molecule has 0 aliphatic heterocycles. The molecule has 3 aromatic rings. The van der Waals surface area contributed by atoms with Gasteiger partial charge in [0.15, 0.2) is 0 Å². The highest BCUT2D eigenvalue weighted by atomic mass is 32.1. The van der Waals surface area contributed by atoms with Gasteiger partial charge in [0.2, 0.25) is 0 Å². The second-order valence-electron chi connectivity index (χ2n) is 5.20. The molecule has 0 saturated carbocycles. The summed E-state index contributed by atoms with van der Waals surface area (Å²) >= 11 is 1.39. The van der Waals surface area contributed by atoms with Crippen molar-refractivity contribution in [3.8, 4) is 5.82 Å². The smallest absolute Gasteiger partial charge is 0.275 e. The zero-order chi connectivity index (χ0) is 17.1. The van der Waals surface area contributed by atoms with Crippen molar-refractivity contribution in [3.63, 3.8) is 0 Å². The van der Waals surface area contributed by atoms with E-state index in [1.807, 2.05) is 24.5 Å². The lowest BCUT2D eigenvalue weighted by atomic mass is 10.3. The number of carbonyl (C=O) groups is 1. The average molecular weight is 343 g/mol. The van der Waals surface area contributed by atoms with Crippen molar-refractivity contribution in [2.45, 2.75) is 20.5 Å². The molecule has 8 heteroatoms. The molecule has 0 atom stereocenters. The molecule has 0 aliphatic rings. The first-order valence-corrected chi connectivity index (χ1v) is 8.18. The fourth-order valence-electron chi connectivity index (χ4n) is 2.13. The summed E-state index contributed by atoms with van der Waals surface area (Å²) in [4.78, 5) is 25.0. The number of hydrogen-bond acceptors (Lipinski definition) is 6. The third-order valence-corrected chi connectivity index (χ3v) is 4.38. The van der Waals surface area contributed by atoms with E-state index < -0.39 is 0 Å². The lowest BCUT2D eigenvalue weighted by molar-refractivity contribution is 0.102. The van der Waals surface area contributed by atoms with E-state index in [2.05, 4.69) is 20.3 Å². The predicted molar refractivity (Wildman–Crippen MR) is 91.6 cm³/mol. The summed E-state index contributed by atoms with van der Waals surface area (Å²) in [5, 5.41) is 5.27. The van der Waals surface area contributed by atoms with Gasteiger partial charge in [0.25, 0.3) is 5.91 Å². The molecule has 24 heavy (non-hydrogen) atoms. The van der Waals surface area contributed by atoms with Crippen LogP contribution in [0.25, 0.3) is 5.82 Å². The number of thiazole rings is 1. The molecule has 1 N–H and O–H groups in total. The van der Waals surface area contributed by atoms with Gasteiger partial charge in [-0.25, -0.2) is 15.0 Å². The summed E-state index contributed by atoms with van der Waals surface area (Å²) in [7, 11) is 1.60. The molecule has 0 aromatic carbocycles. The molecule has 0 bridgehead atoms. The first-order chi connectivity index (χ1) is 11.6. The Balaban J connectivity index is 1.71. The van der Waals surface area contributed by atoms with Crippen LogP contribution in [0.15, 0.2) is 30.0 Å². The van der Waals surface area contributed by atoms with Gasteiger partial charge >= 0.3 is 0 Å². The van der Waals surface area contributed by atoms with Crippen LogP contribution in [-0.4, -0.2) is 32.5 Å². The highest BCUT2D eigenvalue weighted by Gasteiger charge is 2.12. The Morgan fingerprint density at radius 1 is 1.33 bits per heavy atom. The summed E-state index contributed by atoms with van der Waals surface area (Å²) in [6.07, 6.45) is 3.35. The van der Waals surface area contributed by atoms with E-state index in [1.165, 1.54) is 11.3 Å². The Morgan fingerprint density at radius 2 is 2.17 bits per heavy atom. The third kappa shape index (κ3) is 3.34.